The maximum absolute atomic E-state index is 14.0. The number of piperazine rings is 1. The van der Waals surface area contributed by atoms with Crippen LogP contribution in [0.1, 0.15) is 37.4 Å². The highest BCUT2D eigenvalue weighted by atomic mass is 19.1. The normalized spacial score (nSPS) is 20.3. The molecule has 4 nitrogen and oxygen atoms in total. The number of hydrogen-bond acceptors (Lipinski definition) is 3. The predicted octanol–water partition coefficient (Wildman–Crippen LogP) is 2.13. The first kappa shape index (κ1) is 15.8. The summed E-state index contributed by atoms with van der Waals surface area (Å²) < 4.78 is 14.0. The first-order chi connectivity index (χ1) is 9.99. The molecule has 0 spiro atoms. The molecule has 1 aliphatic heterocycles. The van der Waals surface area contributed by atoms with E-state index in [9.17, 15) is 9.18 Å². The van der Waals surface area contributed by atoms with E-state index in [2.05, 4.69) is 15.5 Å². The number of amides is 1. The lowest BCUT2D eigenvalue weighted by molar-refractivity contribution is -0.123. The zero-order valence-corrected chi connectivity index (χ0v) is 13.2. The second kappa shape index (κ2) is 6.43. The van der Waals surface area contributed by atoms with Gasteiger partial charge in [0.2, 0.25) is 5.91 Å². The number of rotatable bonds is 4. The quantitative estimate of drug-likeness (QED) is 0.894. The van der Waals surface area contributed by atoms with E-state index in [4.69, 9.17) is 0 Å². The Morgan fingerprint density at radius 1 is 1.52 bits per heavy atom. The molecule has 21 heavy (non-hydrogen) atoms. The first-order valence-corrected chi connectivity index (χ1v) is 7.51. The van der Waals surface area contributed by atoms with Crippen LogP contribution in [0.3, 0.4) is 0 Å². The molecule has 5 heteroatoms. The van der Waals surface area contributed by atoms with Crippen LogP contribution in [-0.2, 0) is 4.79 Å². The third-order valence-corrected chi connectivity index (χ3v) is 4.23. The van der Waals surface area contributed by atoms with Crippen molar-refractivity contribution >= 4 is 11.6 Å². The predicted molar refractivity (Wildman–Crippen MR) is 83.0 cm³/mol. The van der Waals surface area contributed by atoms with E-state index in [1.165, 1.54) is 0 Å². The molecule has 1 amide bonds. The molecule has 2 unspecified atom stereocenters. The molecule has 1 aromatic rings. The number of aryl methyl sites for hydroxylation is 1. The summed E-state index contributed by atoms with van der Waals surface area (Å²) in [5, 5.41) is 6.06. The van der Waals surface area contributed by atoms with Crippen molar-refractivity contribution in [2.45, 2.75) is 39.3 Å². The van der Waals surface area contributed by atoms with Crippen molar-refractivity contribution < 1.29 is 9.18 Å². The van der Waals surface area contributed by atoms with E-state index < -0.39 is 0 Å². The Bertz CT molecular complexity index is 532. The summed E-state index contributed by atoms with van der Waals surface area (Å²) in [4.78, 5) is 14.2. The first-order valence-electron chi connectivity index (χ1n) is 7.51. The highest BCUT2D eigenvalue weighted by molar-refractivity contribution is 5.87. The smallest absolute Gasteiger partial charge is 0.242 e. The van der Waals surface area contributed by atoms with Crippen molar-refractivity contribution in [3.05, 3.63) is 29.1 Å². The Balaban J connectivity index is 2.50. The molecule has 0 aromatic heterocycles. The van der Waals surface area contributed by atoms with E-state index >= 15 is 0 Å². The lowest BCUT2D eigenvalue weighted by Crippen LogP contribution is -2.55. The average molecular weight is 293 g/mol. The van der Waals surface area contributed by atoms with Crippen LogP contribution in [0.15, 0.2) is 12.1 Å². The molecule has 2 atom stereocenters. The summed E-state index contributed by atoms with van der Waals surface area (Å²) >= 11 is 0. The SMILES string of the molecule is CCC1C(=O)NCCN1c1cc(C)c(F)cc1C(C)NC. The lowest BCUT2D eigenvalue weighted by Gasteiger charge is -2.38. The number of nitrogens with one attached hydrogen (secondary N) is 2. The van der Waals surface area contributed by atoms with Gasteiger partial charge in [0.1, 0.15) is 11.9 Å². The van der Waals surface area contributed by atoms with E-state index in [0.717, 1.165) is 24.2 Å². The number of benzene rings is 1. The monoisotopic (exact) mass is 293 g/mol. The Morgan fingerprint density at radius 3 is 2.86 bits per heavy atom. The summed E-state index contributed by atoms with van der Waals surface area (Å²) in [6, 6.07) is 3.29. The molecule has 0 radical (unpaired) electrons. The number of nitrogens with zero attached hydrogens (tertiary/aromatic N) is 1. The van der Waals surface area contributed by atoms with Gasteiger partial charge in [-0.25, -0.2) is 4.39 Å². The summed E-state index contributed by atoms with van der Waals surface area (Å²) in [6.07, 6.45) is 0.732. The maximum Gasteiger partial charge on any atom is 0.242 e. The van der Waals surface area contributed by atoms with E-state index in [-0.39, 0.29) is 23.8 Å². The zero-order chi connectivity index (χ0) is 15.6. The molecule has 1 aromatic carbocycles. The van der Waals surface area contributed by atoms with Gasteiger partial charge in [-0.15, -0.1) is 0 Å². The van der Waals surface area contributed by atoms with Crippen LogP contribution >= 0.6 is 0 Å². The number of carbonyl (C=O) groups is 1. The number of carbonyl (C=O) groups excluding carboxylic acids is 1. The van der Waals surface area contributed by atoms with Crippen molar-refractivity contribution in [1.29, 1.82) is 0 Å². The molecular weight excluding hydrogens is 269 g/mol. The van der Waals surface area contributed by atoms with Gasteiger partial charge in [0, 0.05) is 24.8 Å². The molecule has 2 N–H and O–H groups in total. The molecular formula is C16H24FN3O. The van der Waals surface area contributed by atoms with Crippen molar-refractivity contribution in [3.8, 4) is 0 Å². The molecule has 116 valence electrons. The molecule has 1 saturated heterocycles. The van der Waals surface area contributed by atoms with Gasteiger partial charge in [-0.2, -0.15) is 0 Å². The van der Waals surface area contributed by atoms with Crippen molar-refractivity contribution in [1.82, 2.24) is 10.6 Å². The van der Waals surface area contributed by atoms with Crippen LogP contribution in [0.25, 0.3) is 0 Å². The minimum Gasteiger partial charge on any atom is -0.357 e. The van der Waals surface area contributed by atoms with Gasteiger partial charge in [0.15, 0.2) is 0 Å². The van der Waals surface area contributed by atoms with Crippen LogP contribution < -0.4 is 15.5 Å². The van der Waals surface area contributed by atoms with Crippen LogP contribution in [0.2, 0.25) is 0 Å². The summed E-state index contributed by atoms with van der Waals surface area (Å²) in [5.41, 5.74) is 2.46. The number of anilines is 1. The summed E-state index contributed by atoms with van der Waals surface area (Å²) in [6.45, 7) is 7.13. The van der Waals surface area contributed by atoms with E-state index in [1.807, 2.05) is 27.0 Å². The fraction of sp³-hybridized carbons (Fsp3) is 0.562. The average Bonchev–Trinajstić information content (AvgIpc) is 2.48. The second-order valence-electron chi connectivity index (χ2n) is 5.58. The van der Waals surface area contributed by atoms with Crippen LogP contribution in [0.5, 0.6) is 0 Å². The topological polar surface area (TPSA) is 44.4 Å². The zero-order valence-electron chi connectivity index (χ0n) is 13.2. The largest absolute Gasteiger partial charge is 0.357 e. The summed E-state index contributed by atoms with van der Waals surface area (Å²) in [7, 11) is 1.85. The Morgan fingerprint density at radius 2 is 2.24 bits per heavy atom. The minimum atomic E-state index is -0.203. The fourth-order valence-corrected chi connectivity index (χ4v) is 2.84. The lowest BCUT2D eigenvalue weighted by atomic mass is 9.99. The Hall–Kier alpha value is -1.62. The van der Waals surface area contributed by atoms with Gasteiger partial charge < -0.3 is 15.5 Å². The van der Waals surface area contributed by atoms with Gasteiger partial charge in [-0.1, -0.05) is 6.92 Å². The molecule has 1 heterocycles. The minimum absolute atomic E-state index is 0.0255. The van der Waals surface area contributed by atoms with Crippen LogP contribution in [-0.4, -0.2) is 32.1 Å². The Labute approximate surface area is 125 Å². The molecule has 0 aliphatic carbocycles. The standard InChI is InChI=1S/C16H24FN3O/c1-5-14-16(21)19-6-7-20(14)15-8-10(2)13(17)9-12(15)11(3)18-4/h8-9,11,14,18H,5-7H2,1-4H3,(H,19,21). The van der Waals surface area contributed by atoms with Crippen LogP contribution in [0.4, 0.5) is 10.1 Å². The van der Waals surface area contributed by atoms with Gasteiger partial charge in [0.05, 0.1) is 0 Å². The third-order valence-electron chi connectivity index (χ3n) is 4.23. The molecule has 0 bridgehead atoms. The number of halogens is 1. The van der Waals surface area contributed by atoms with Crippen molar-refractivity contribution in [2.24, 2.45) is 0 Å². The van der Waals surface area contributed by atoms with Gasteiger partial charge >= 0.3 is 0 Å². The number of hydrogen-bond donors (Lipinski definition) is 2. The van der Waals surface area contributed by atoms with Gasteiger partial charge in [-0.3, -0.25) is 4.79 Å². The molecule has 1 fully saturated rings. The highest BCUT2D eigenvalue weighted by Crippen LogP contribution is 2.31. The van der Waals surface area contributed by atoms with Crippen molar-refractivity contribution in [2.75, 3.05) is 25.0 Å². The summed E-state index contributed by atoms with van der Waals surface area (Å²) in [5.74, 6) is -0.154. The molecule has 2 rings (SSSR count). The van der Waals surface area contributed by atoms with Crippen molar-refractivity contribution in [3.63, 3.8) is 0 Å². The molecule has 0 saturated carbocycles. The second-order valence-corrected chi connectivity index (χ2v) is 5.58. The molecule has 1 aliphatic rings. The van der Waals surface area contributed by atoms with E-state index in [1.54, 1.807) is 13.0 Å². The third kappa shape index (κ3) is 3.02. The highest BCUT2D eigenvalue weighted by Gasteiger charge is 2.30. The Kier molecular flexibility index (Phi) is 4.83. The van der Waals surface area contributed by atoms with Gasteiger partial charge in [0.25, 0.3) is 0 Å². The van der Waals surface area contributed by atoms with Crippen LogP contribution in [0, 0.1) is 12.7 Å². The fourth-order valence-electron chi connectivity index (χ4n) is 2.84. The maximum atomic E-state index is 14.0. The van der Waals surface area contributed by atoms with Gasteiger partial charge in [-0.05, 0) is 50.6 Å². The van der Waals surface area contributed by atoms with E-state index in [0.29, 0.717) is 12.1 Å².